The lowest BCUT2D eigenvalue weighted by Crippen LogP contribution is -2.11. The van der Waals surface area contributed by atoms with Crippen molar-refractivity contribution >= 4 is 11.6 Å². The molecule has 13 heavy (non-hydrogen) atoms. The summed E-state index contributed by atoms with van der Waals surface area (Å²) in [6.45, 7) is 0.179. The molecule has 1 rings (SSSR count). The van der Waals surface area contributed by atoms with E-state index in [9.17, 15) is 0 Å². The lowest BCUT2D eigenvalue weighted by Gasteiger charge is -2.12. The first-order valence-electron chi connectivity index (χ1n) is 4.36. The van der Waals surface area contributed by atoms with Gasteiger partial charge >= 0.3 is 0 Å². The molecule has 0 aliphatic rings. The maximum Gasteiger partial charge on any atom is 0.0453 e. The first-order valence-corrected chi connectivity index (χ1v) is 4.74. The number of nitrogens with two attached hydrogens (primary N) is 1. The van der Waals surface area contributed by atoms with Crippen LogP contribution in [0.2, 0.25) is 5.02 Å². The molecular formula is C10H14ClNO. The molecule has 1 aromatic carbocycles. The predicted molar refractivity (Wildman–Crippen MR) is 54.7 cm³/mol. The zero-order valence-electron chi connectivity index (χ0n) is 7.41. The summed E-state index contributed by atoms with van der Waals surface area (Å²) in [7, 11) is 0. The highest BCUT2D eigenvalue weighted by Gasteiger charge is 2.08. The minimum absolute atomic E-state index is 0.0687. The molecule has 0 radical (unpaired) electrons. The molecule has 0 saturated heterocycles. The lowest BCUT2D eigenvalue weighted by atomic mass is 10.0. The van der Waals surface area contributed by atoms with Crippen LogP contribution in [0.25, 0.3) is 0 Å². The molecule has 0 aromatic heterocycles. The summed E-state index contributed by atoms with van der Waals surface area (Å²) < 4.78 is 0. The van der Waals surface area contributed by atoms with Crippen LogP contribution in [-0.4, -0.2) is 11.7 Å². The van der Waals surface area contributed by atoms with Gasteiger partial charge in [-0.1, -0.05) is 29.8 Å². The van der Waals surface area contributed by atoms with E-state index in [1.54, 1.807) is 0 Å². The van der Waals surface area contributed by atoms with Crippen molar-refractivity contribution in [3.05, 3.63) is 34.9 Å². The molecule has 3 N–H and O–H groups in total. The van der Waals surface area contributed by atoms with Crippen LogP contribution < -0.4 is 5.73 Å². The molecule has 0 bridgehead atoms. The van der Waals surface area contributed by atoms with E-state index in [1.165, 1.54) is 0 Å². The number of aliphatic hydroxyl groups is 1. The fourth-order valence-corrected chi connectivity index (χ4v) is 1.52. The highest BCUT2D eigenvalue weighted by atomic mass is 35.5. The van der Waals surface area contributed by atoms with Crippen molar-refractivity contribution in [3.8, 4) is 0 Å². The Hall–Kier alpha value is -0.570. The molecule has 1 aromatic rings. The van der Waals surface area contributed by atoms with Crippen molar-refractivity contribution < 1.29 is 5.11 Å². The standard InChI is InChI=1S/C10H14ClNO/c11-9-5-2-1-4-8(9)10(12)6-3-7-13/h1-2,4-5,10,13H,3,6-7,12H2/t10-/m1/s1. The van der Waals surface area contributed by atoms with Crippen LogP contribution >= 0.6 is 11.6 Å². The van der Waals surface area contributed by atoms with Gasteiger partial charge in [-0.2, -0.15) is 0 Å². The van der Waals surface area contributed by atoms with Crippen LogP contribution in [0.4, 0.5) is 0 Å². The molecular weight excluding hydrogens is 186 g/mol. The average molecular weight is 200 g/mol. The SMILES string of the molecule is N[C@H](CCCO)c1ccccc1Cl. The van der Waals surface area contributed by atoms with E-state index in [0.717, 1.165) is 12.0 Å². The third-order valence-corrected chi connectivity index (χ3v) is 2.32. The Morgan fingerprint density at radius 3 is 2.69 bits per heavy atom. The highest BCUT2D eigenvalue weighted by Crippen LogP contribution is 2.23. The Kier molecular flexibility index (Phi) is 4.22. The molecule has 0 spiro atoms. The summed E-state index contributed by atoms with van der Waals surface area (Å²) in [5.41, 5.74) is 6.84. The van der Waals surface area contributed by atoms with Crippen LogP contribution in [0.5, 0.6) is 0 Å². The molecule has 0 saturated carbocycles. The molecule has 0 unspecified atom stereocenters. The number of halogens is 1. The summed E-state index contributed by atoms with van der Waals surface area (Å²) in [6, 6.07) is 7.48. The Morgan fingerprint density at radius 2 is 2.08 bits per heavy atom. The molecule has 0 fully saturated rings. The van der Waals surface area contributed by atoms with Gasteiger partial charge in [-0.25, -0.2) is 0 Å². The Balaban J connectivity index is 2.65. The minimum atomic E-state index is -0.0687. The van der Waals surface area contributed by atoms with Crippen molar-refractivity contribution in [1.29, 1.82) is 0 Å². The van der Waals surface area contributed by atoms with E-state index in [4.69, 9.17) is 22.4 Å². The van der Waals surface area contributed by atoms with Gasteiger partial charge in [0.15, 0.2) is 0 Å². The summed E-state index contributed by atoms with van der Waals surface area (Å²) in [5.74, 6) is 0. The van der Waals surface area contributed by atoms with E-state index in [-0.39, 0.29) is 12.6 Å². The average Bonchev–Trinajstić information content (AvgIpc) is 2.15. The maximum absolute atomic E-state index is 8.64. The fraction of sp³-hybridized carbons (Fsp3) is 0.400. The summed E-state index contributed by atoms with van der Waals surface area (Å²) in [5, 5.41) is 9.34. The van der Waals surface area contributed by atoms with Gasteiger partial charge in [-0.05, 0) is 24.5 Å². The fourth-order valence-electron chi connectivity index (χ4n) is 1.24. The molecule has 3 heteroatoms. The van der Waals surface area contributed by atoms with Crippen molar-refractivity contribution in [2.75, 3.05) is 6.61 Å². The van der Waals surface area contributed by atoms with Crippen molar-refractivity contribution in [3.63, 3.8) is 0 Å². The van der Waals surface area contributed by atoms with Crippen LogP contribution in [0.15, 0.2) is 24.3 Å². The van der Waals surface area contributed by atoms with Crippen molar-refractivity contribution in [2.45, 2.75) is 18.9 Å². The summed E-state index contributed by atoms with van der Waals surface area (Å²) in [4.78, 5) is 0. The van der Waals surface area contributed by atoms with Crippen LogP contribution in [0, 0.1) is 0 Å². The number of hydrogen-bond donors (Lipinski definition) is 2. The van der Waals surface area contributed by atoms with Crippen LogP contribution in [0.1, 0.15) is 24.4 Å². The smallest absolute Gasteiger partial charge is 0.0453 e. The maximum atomic E-state index is 8.64. The predicted octanol–water partition coefficient (Wildman–Crippen LogP) is 2.11. The largest absolute Gasteiger partial charge is 0.396 e. The Morgan fingerprint density at radius 1 is 1.38 bits per heavy atom. The molecule has 1 atom stereocenters. The van der Waals surface area contributed by atoms with E-state index < -0.39 is 0 Å². The second kappa shape index (κ2) is 5.22. The Labute approximate surface area is 83.3 Å². The molecule has 0 aliphatic carbocycles. The van der Waals surface area contributed by atoms with Crippen molar-refractivity contribution in [2.24, 2.45) is 5.73 Å². The third-order valence-electron chi connectivity index (χ3n) is 1.98. The lowest BCUT2D eigenvalue weighted by molar-refractivity contribution is 0.280. The van der Waals surface area contributed by atoms with E-state index in [0.29, 0.717) is 11.4 Å². The van der Waals surface area contributed by atoms with E-state index in [1.807, 2.05) is 24.3 Å². The van der Waals surface area contributed by atoms with E-state index in [2.05, 4.69) is 0 Å². The molecule has 0 heterocycles. The second-order valence-electron chi connectivity index (χ2n) is 2.99. The monoisotopic (exact) mass is 199 g/mol. The first-order chi connectivity index (χ1) is 6.25. The normalized spacial score (nSPS) is 12.8. The third kappa shape index (κ3) is 2.99. The van der Waals surface area contributed by atoms with E-state index >= 15 is 0 Å². The molecule has 72 valence electrons. The first kappa shape index (κ1) is 10.5. The van der Waals surface area contributed by atoms with Gasteiger partial charge in [0.1, 0.15) is 0 Å². The second-order valence-corrected chi connectivity index (χ2v) is 3.40. The number of aliphatic hydroxyl groups excluding tert-OH is 1. The van der Waals surface area contributed by atoms with Gasteiger partial charge in [0.05, 0.1) is 0 Å². The van der Waals surface area contributed by atoms with Crippen molar-refractivity contribution in [1.82, 2.24) is 0 Å². The van der Waals surface area contributed by atoms with Gasteiger partial charge in [-0.3, -0.25) is 0 Å². The van der Waals surface area contributed by atoms with Gasteiger partial charge in [0, 0.05) is 17.7 Å². The van der Waals surface area contributed by atoms with Gasteiger partial charge in [-0.15, -0.1) is 0 Å². The highest BCUT2D eigenvalue weighted by molar-refractivity contribution is 6.31. The molecule has 0 amide bonds. The quantitative estimate of drug-likeness (QED) is 0.781. The van der Waals surface area contributed by atoms with Crippen LogP contribution in [0.3, 0.4) is 0 Å². The minimum Gasteiger partial charge on any atom is -0.396 e. The summed E-state index contributed by atoms with van der Waals surface area (Å²) in [6.07, 6.45) is 1.48. The number of rotatable bonds is 4. The Bertz CT molecular complexity index is 265. The molecule has 0 aliphatic heterocycles. The zero-order chi connectivity index (χ0) is 9.68. The molecule has 2 nitrogen and oxygen atoms in total. The van der Waals surface area contributed by atoms with Crippen LogP contribution in [-0.2, 0) is 0 Å². The summed E-state index contributed by atoms with van der Waals surface area (Å²) >= 11 is 5.96. The zero-order valence-corrected chi connectivity index (χ0v) is 8.17. The number of hydrogen-bond acceptors (Lipinski definition) is 2. The topological polar surface area (TPSA) is 46.2 Å². The number of benzene rings is 1. The van der Waals surface area contributed by atoms with Gasteiger partial charge < -0.3 is 10.8 Å². The van der Waals surface area contributed by atoms with Gasteiger partial charge in [0.2, 0.25) is 0 Å². The van der Waals surface area contributed by atoms with Gasteiger partial charge in [0.25, 0.3) is 0 Å².